The van der Waals surface area contributed by atoms with Gasteiger partial charge in [-0.1, -0.05) is 53.6 Å². The van der Waals surface area contributed by atoms with Crippen LogP contribution in [0.4, 0.5) is 0 Å². The van der Waals surface area contributed by atoms with Crippen LogP contribution in [-0.4, -0.2) is 15.5 Å². The van der Waals surface area contributed by atoms with Gasteiger partial charge in [0.2, 0.25) is 5.28 Å². The van der Waals surface area contributed by atoms with Gasteiger partial charge in [0.15, 0.2) is 0 Å². The minimum atomic E-state index is -0.0812. The van der Waals surface area contributed by atoms with Crippen molar-refractivity contribution in [3.05, 3.63) is 65.1 Å². The lowest BCUT2D eigenvalue weighted by molar-refractivity contribution is 0.291. The van der Waals surface area contributed by atoms with Crippen molar-refractivity contribution in [2.75, 3.05) is 0 Å². The first-order valence-corrected chi connectivity index (χ1v) is 9.76. The standard InChI is InChI=1S/C22H20ClN4/c23-21-25-13-17-20(27-21)18(19(26-17)15-5-2-1-3-6-15)14-7-9-16(10-8-14)22(24)11-4-12-22/h1-3,5-7,9,13H,4,8,10-12,24H2/q-1. The zero-order valence-electron chi connectivity index (χ0n) is 15.0. The van der Waals surface area contributed by atoms with Crippen LogP contribution in [0.25, 0.3) is 27.9 Å². The van der Waals surface area contributed by atoms with Gasteiger partial charge >= 0.3 is 0 Å². The van der Waals surface area contributed by atoms with E-state index >= 15 is 0 Å². The number of hydrogen-bond acceptors (Lipinski definition) is 3. The zero-order valence-corrected chi connectivity index (χ0v) is 15.7. The van der Waals surface area contributed by atoms with E-state index in [9.17, 15) is 0 Å². The fraction of sp³-hybridized carbons (Fsp3) is 0.273. The molecule has 5 rings (SSSR count). The maximum absolute atomic E-state index is 6.53. The normalized spacial score (nSPS) is 18.7. The van der Waals surface area contributed by atoms with Gasteiger partial charge in [0, 0.05) is 11.7 Å². The molecule has 0 unspecified atom stereocenters. The predicted octanol–water partition coefficient (Wildman–Crippen LogP) is 4.89. The van der Waals surface area contributed by atoms with Crippen LogP contribution in [-0.2, 0) is 0 Å². The summed E-state index contributed by atoms with van der Waals surface area (Å²) in [5.74, 6) is 0. The topological polar surface area (TPSA) is 65.9 Å². The van der Waals surface area contributed by atoms with Crippen molar-refractivity contribution >= 4 is 28.2 Å². The summed E-state index contributed by atoms with van der Waals surface area (Å²) >= 11 is 6.10. The SMILES string of the molecule is NC1(C2=CC=C(c3c(-c4ccccc4)[n-]c4cnc(Cl)nc34)CC2)CCC1. The Hall–Kier alpha value is -2.43. The number of aromatic nitrogens is 3. The number of allylic oxidation sites excluding steroid dienone is 3. The molecule has 1 fully saturated rings. The molecular formula is C22H20ClN4-. The van der Waals surface area contributed by atoms with E-state index in [2.05, 4.69) is 34.3 Å². The second-order valence-electron chi connectivity index (χ2n) is 7.47. The molecule has 136 valence electrons. The van der Waals surface area contributed by atoms with Crippen molar-refractivity contribution in [2.24, 2.45) is 5.73 Å². The summed E-state index contributed by atoms with van der Waals surface area (Å²) in [4.78, 5) is 13.4. The molecule has 3 aromatic rings. The molecule has 2 aliphatic rings. The van der Waals surface area contributed by atoms with Crippen molar-refractivity contribution < 1.29 is 0 Å². The monoisotopic (exact) mass is 375 g/mol. The molecule has 0 amide bonds. The van der Waals surface area contributed by atoms with Crippen molar-refractivity contribution in [3.8, 4) is 11.3 Å². The first-order valence-electron chi connectivity index (χ1n) is 9.38. The lowest BCUT2D eigenvalue weighted by Gasteiger charge is -2.41. The fourth-order valence-electron chi connectivity index (χ4n) is 4.16. The van der Waals surface area contributed by atoms with Gasteiger partial charge in [0.1, 0.15) is 0 Å². The molecule has 5 heteroatoms. The van der Waals surface area contributed by atoms with Crippen LogP contribution in [0.15, 0.2) is 54.3 Å². The van der Waals surface area contributed by atoms with E-state index < -0.39 is 0 Å². The minimum absolute atomic E-state index is 0.0812. The van der Waals surface area contributed by atoms with E-state index in [1.54, 1.807) is 6.20 Å². The lowest BCUT2D eigenvalue weighted by atomic mass is 9.69. The number of rotatable bonds is 3. The van der Waals surface area contributed by atoms with E-state index in [0.717, 1.165) is 53.5 Å². The highest BCUT2D eigenvalue weighted by Crippen LogP contribution is 2.43. The summed E-state index contributed by atoms with van der Waals surface area (Å²) in [5, 5.41) is 0.249. The number of benzene rings is 1. The number of halogens is 1. The van der Waals surface area contributed by atoms with Crippen molar-refractivity contribution in [1.82, 2.24) is 15.0 Å². The summed E-state index contributed by atoms with van der Waals surface area (Å²) in [6.07, 6.45) is 11.5. The Morgan fingerprint density at radius 2 is 1.89 bits per heavy atom. The Labute approximate surface area is 163 Å². The van der Waals surface area contributed by atoms with Crippen LogP contribution in [0.2, 0.25) is 5.28 Å². The summed E-state index contributed by atoms with van der Waals surface area (Å²) in [6, 6.07) is 10.2. The highest BCUT2D eigenvalue weighted by atomic mass is 35.5. The summed E-state index contributed by atoms with van der Waals surface area (Å²) in [5.41, 5.74) is 13.7. The lowest BCUT2D eigenvalue weighted by Crippen LogP contribution is -2.48. The van der Waals surface area contributed by atoms with Crippen LogP contribution < -0.4 is 10.7 Å². The summed E-state index contributed by atoms with van der Waals surface area (Å²) in [6.45, 7) is 0. The second-order valence-corrected chi connectivity index (χ2v) is 7.81. The van der Waals surface area contributed by atoms with E-state index in [1.807, 2.05) is 18.2 Å². The number of nitrogens with two attached hydrogens (primary N) is 1. The quantitative estimate of drug-likeness (QED) is 0.661. The van der Waals surface area contributed by atoms with Gasteiger partial charge in [-0.3, -0.25) is 0 Å². The van der Waals surface area contributed by atoms with Crippen molar-refractivity contribution in [3.63, 3.8) is 0 Å². The van der Waals surface area contributed by atoms with Gasteiger partial charge in [-0.2, -0.15) is 0 Å². The molecule has 0 bridgehead atoms. The van der Waals surface area contributed by atoms with Crippen LogP contribution in [0.3, 0.4) is 0 Å². The highest BCUT2D eigenvalue weighted by Gasteiger charge is 2.36. The van der Waals surface area contributed by atoms with Gasteiger partial charge in [-0.05, 0) is 60.4 Å². The largest absolute Gasteiger partial charge is 0.654 e. The van der Waals surface area contributed by atoms with E-state index in [4.69, 9.17) is 22.3 Å². The van der Waals surface area contributed by atoms with E-state index in [-0.39, 0.29) is 10.8 Å². The molecule has 0 radical (unpaired) electrons. The second kappa shape index (κ2) is 6.32. The van der Waals surface area contributed by atoms with Crippen LogP contribution >= 0.6 is 11.6 Å². The molecule has 4 nitrogen and oxygen atoms in total. The van der Waals surface area contributed by atoms with E-state index in [0.29, 0.717) is 0 Å². The molecule has 2 N–H and O–H groups in total. The molecule has 2 heterocycles. The Morgan fingerprint density at radius 1 is 1.07 bits per heavy atom. The highest BCUT2D eigenvalue weighted by molar-refractivity contribution is 6.28. The maximum atomic E-state index is 6.53. The first-order chi connectivity index (χ1) is 13.1. The molecule has 0 aliphatic heterocycles. The van der Waals surface area contributed by atoms with Crippen LogP contribution in [0, 0.1) is 0 Å². The number of nitrogens with zero attached hydrogens (tertiary/aromatic N) is 3. The van der Waals surface area contributed by atoms with Gasteiger partial charge in [-0.25, -0.2) is 9.97 Å². The van der Waals surface area contributed by atoms with Gasteiger partial charge in [-0.15, -0.1) is 5.69 Å². The Bertz CT molecular complexity index is 1070. The Balaban J connectivity index is 1.67. The summed E-state index contributed by atoms with van der Waals surface area (Å²) in [7, 11) is 0. The third-order valence-corrected chi connectivity index (χ3v) is 6.03. The zero-order chi connectivity index (χ0) is 18.4. The van der Waals surface area contributed by atoms with Gasteiger partial charge in [0.05, 0.1) is 5.52 Å². The van der Waals surface area contributed by atoms with Crippen molar-refractivity contribution in [2.45, 2.75) is 37.6 Å². The molecule has 2 aliphatic carbocycles. The molecule has 1 aromatic carbocycles. The van der Waals surface area contributed by atoms with Gasteiger partial charge < -0.3 is 10.7 Å². The van der Waals surface area contributed by atoms with Crippen LogP contribution in [0.5, 0.6) is 0 Å². The van der Waals surface area contributed by atoms with Crippen LogP contribution in [0.1, 0.15) is 37.7 Å². The average Bonchev–Trinajstić information content (AvgIpc) is 3.05. The first kappa shape index (κ1) is 16.7. The number of fused-ring (bicyclic) bond motifs is 1. The molecule has 2 aromatic heterocycles. The Kier molecular flexibility index (Phi) is 3.92. The molecular weight excluding hydrogens is 356 g/mol. The number of hydrogen-bond donors (Lipinski definition) is 1. The average molecular weight is 376 g/mol. The molecule has 0 spiro atoms. The maximum Gasteiger partial charge on any atom is 0.222 e. The smallest absolute Gasteiger partial charge is 0.222 e. The predicted molar refractivity (Wildman–Crippen MR) is 109 cm³/mol. The molecule has 27 heavy (non-hydrogen) atoms. The Morgan fingerprint density at radius 3 is 2.56 bits per heavy atom. The minimum Gasteiger partial charge on any atom is -0.654 e. The molecule has 0 atom stereocenters. The fourth-order valence-corrected chi connectivity index (χ4v) is 4.29. The molecule has 0 saturated heterocycles. The summed E-state index contributed by atoms with van der Waals surface area (Å²) < 4.78 is 0. The third-order valence-electron chi connectivity index (χ3n) is 5.85. The third kappa shape index (κ3) is 2.80. The van der Waals surface area contributed by atoms with Gasteiger partial charge in [0.25, 0.3) is 0 Å². The van der Waals surface area contributed by atoms with E-state index in [1.165, 1.54) is 17.6 Å². The molecule has 1 saturated carbocycles. The van der Waals surface area contributed by atoms with Crippen molar-refractivity contribution in [1.29, 1.82) is 0 Å².